The van der Waals surface area contributed by atoms with Gasteiger partial charge in [0.15, 0.2) is 0 Å². The van der Waals surface area contributed by atoms with Gasteiger partial charge in [0, 0.05) is 0 Å². The van der Waals surface area contributed by atoms with Gasteiger partial charge in [-0.2, -0.15) is 0 Å². The number of aromatic amines is 1. The number of benzene rings is 1. The number of ether oxygens (including phenoxy) is 2. The molecule has 1 aromatic carbocycles. The zero-order chi connectivity index (χ0) is 24.1. The number of amides is 1. The number of nitrogens with zero attached hydrogens (tertiary/aromatic N) is 1. The molecule has 1 aliphatic rings. The van der Waals surface area contributed by atoms with Crippen molar-refractivity contribution in [1.29, 1.82) is 0 Å². The van der Waals surface area contributed by atoms with E-state index in [1.807, 2.05) is 18.2 Å². The van der Waals surface area contributed by atoms with Gasteiger partial charge in [0.1, 0.15) is 0 Å². The molecule has 0 aliphatic carbocycles. The number of nitrogens with one attached hydrogen (secondary N) is 2. The van der Waals surface area contributed by atoms with Gasteiger partial charge in [-0.05, 0) is 0 Å². The molecular formula is C26H26AsFN3O3. The number of H-pyrrole nitrogens is 1. The van der Waals surface area contributed by atoms with Crippen molar-refractivity contribution in [2.45, 2.75) is 18.8 Å². The molecule has 175 valence electrons. The molecule has 1 atom stereocenters. The van der Waals surface area contributed by atoms with E-state index in [-0.39, 0.29) is 17.6 Å². The van der Waals surface area contributed by atoms with Crippen LogP contribution in [0.25, 0.3) is 11.3 Å². The second-order valence-corrected chi connectivity index (χ2v) is 10.2. The maximum absolute atomic E-state index is 14.5. The number of carbonyl (C=O) groups is 1. The summed E-state index contributed by atoms with van der Waals surface area (Å²) in [4.78, 5) is 20.9. The minimum atomic E-state index is -0.812. The summed E-state index contributed by atoms with van der Waals surface area (Å²) < 4.78 is 27.4. The summed E-state index contributed by atoms with van der Waals surface area (Å²) in [7, 11) is 1.46. The van der Waals surface area contributed by atoms with Crippen LogP contribution in [0.1, 0.15) is 34.8 Å². The zero-order valence-corrected chi connectivity index (χ0v) is 20.8. The Morgan fingerprint density at radius 2 is 2.15 bits per heavy atom. The van der Waals surface area contributed by atoms with E-state index < -0.39 is 21.6 Å². The first kappa shape index (κ1) is 23.8. The number of hydrogen-bond acceptors (Lipinski definition) is 4. The van der Waals surface area contributed by atoms with Crippen molar-refractivity contribution in [3.8, 4) is 22.8 Å². The normalized spacial score (nSPS) is 15.1. The fourth-order valence-corrected chi connectivity index (χ4v) is 6.80. The van der Waals surface area contributed by atoms with Gasteiger partial charge in [0.25, 0.3) is 0 Å². The molecule has 2 aromatic heterocycles. The van der Waals surface area contributed by atoms with Crippen molar-refractivity contribution >= 4 is 30.4 Å². The van der Waals surface area contributed by atoms with Crippen LogP contribution >= 0.6 is 0 Å². The quantitative estimate of drug-likeness (QED) is 0.244. The molecule has 3 aromatic rings. The van der Waals surface area contributed by atoms with Crippen LogP contribution in [0.2, 0.25) is 0 Å². The molecule has 0 bridgehead atoms. The summed E-state index contributed by atoms with van der Waals surface area (Å²) in [5, 5.41) is 3.01. The number of halogens is 1. The van der Waals surface area contributed by atoms with Gasteiger partial charge >= 0.3 is 205 Å². The summed E-state index contributed by atoms with van der Waals surface area (Å²) in [5.74, 6) is 0.325. The number of para-hydroxylation sites is 1. The van der Waals surface area contributed by atoms with Crippen LogP contribution in [-0.2, 0) is 0 Å². The Bertz CT molecular complexity index is 1220. The van der Waals surface area contributed by atoms with Gasteiger partial charge < -0.3 is 0 Å². The van der Waals surface area contributed by atoms with Crippen LogP contribution in [0.4, 0.5) is 4.39 Å². The van der Waals surface area contributed by atoms with Crippen molar-refractivity contribution in [2.75, 3.05) is 20.3 Å². The Hall–Kier alpha value is -3.31. The number of allylic oxidation sites excluding steroid dienone is 1. The third kappa shape index (κ3) is 4.66. The van der Waals surface area contributed by atoms with Crippen LogP contribution in [0.15, 0.2) is 62.0 Å². The van der Waals surface area contributed by atoms with Crippen molar-refractivity contribution < 1.29 is 18.7 Å². The van der Waals surface area contributed by atoms with E-state index in [1.165, 1.54) is 13.2 Å². The van der Waals surface area contributed by atoms with Crippen molar-refractivity contribution in [3.05, 3.63) is 79.0 Å². The number of carbonyl (C=O) groups excluding carboxylic acids is 1. The van der Waals surface area contributed by atoms with Gasteiger partial charge in [-0.15, -0.1) is 0 Å². The average Bonchev–Trinajstić information content (AvgIpc) is 3.22. The molecule has 8 heteroatoms. The SMILES string of the molecule is C=CCCOc1cnccc1-c1[nH]c2c(c1[As]c1cccc(F)c1OC)C(=O)NCC2CC=C. The summed E-state index contributed by atoms with van der Waals surface area (Å²) >= 11 is -0.812. The van der Waals surface area contributed by atoms with E-state index in [9.17, 15) is 9.18 Å². The van der Waals surface area contributed by atoms with E-state index in [1.54, 1.807) is 24.5 Å². The average molecular weight is 522 g/mol. The molecule has 0 saturated heterocycles. The van der Waals surface area contributed by atoms with E-state index in [2.05, 4.69) is 28.4 Å². The predicted molar refractivity (Wildman–Crippen MR) is 132 cm³/mol. The first-order valence-corrected chi connectivity index (χ1v) is 12.8. The molecule has 34 heavy (non-hydrogen) atoms. The second-order valence-electron chi connectivity index (χ2n) is 7.77. The summed E-state index contributed by atoms with van der Waals surface area (Å²) in [6, 6.07) is 6.76. The summed E-state index contributed by atoms with van der Waals surface area (Å²) in [5.41, 5.74) is 3.08. The topological polar surface area (TPSA) is 76.2 Å². The number of methoxy groups -OCH3 is 1. The molecular weight excluding hydrogens is 496 g/mol. The van der Waals surface area contributed by atoms with Crippen molar-refractivity contribution in [1.82, 2.24) is 15.3 Å². The maximum atomic E-state index is 14.5. The third-order valence-electron chi connectivity index (χ3n) is 5.61. The number of rotatable bonds is 10. The molecule has 2 N–H and O–H groups in total. The Labute approximate surface area is 205 Å². The zero-order valence-electron chi connectivity index (χ0n) is 18.9. The number of aromatic nitrogens is 2. The molecule has 1 radical (unpaired) electrons. The molecule has 4 rings (SSSR count). The molecule has 0 fully saturated rings. The Morgan fingerprint density at radius 3 is 2.91 bits per heavy atom. The second kappa shape index (κ2) is 10.7. The Balaban J connectivity index is 1.90. The molecule has 3 heterocycles. The van der Waals surface area contributed by atoms with Crippen LogP contribution in [0, 0.1) is 5.82 Å². The van der Waals surface area contributed by atoms with Crippen LogP contribution in [-0.4, -0.2) is 51.9 Å². The number of fused-ring (bicyclic) bond motifs is 1. The van der Waals surface area contributed by atoms with Gasteiger partial charge in [0.05, 0.1) is 0 Å². The number of hydrogen-bond donors (Lipinski definition) is 2. The van der Waals surface area contributed by atoms with Crippen LogP contribution in [0.3, 0.4) is 0 Å². The number of pyridine rings is 1. The third-order valence-corrected chi connectivity index (χ3v) is 8.27. The van der Waals surface area contributed by atoms with Crippen molar-refractivity contribution in [2.24, 2.45) is 0 Å². The Morgan fingerprint density at radius 1 is 1.29 bits per heavy atom. The van der Waals surface area contributed by atoms with E-state index in [0.717, 1.165) is 25.7 Å². The van der Waals surface area contributed by atoms with Crippen LogP contribution < -0.4 is 23.5 Å². The fraction of sp³-hybridized carbons (Fsp3) is 0.231. The van der Waals surface area contributed by atoms with Crippen molar-refractivity contribution in [3.63, 3.8) is 0 Å². The van der Waals surface area contributed by atoms with Gasteiger partial charge in [0.2, 0.25) is 0 Å². The van der Waals surface area contributed by atoms with Gasteiger partial charge in [-0.3, -0.25) is 0 Å². The van der Waals surface area contributed by atoms with E-state index in [0.29, 0.717) is 37.3 Å². The monoisotopic (exact) mass is 522 g/mol. The standard InChI is InChI=1S/C26H26AsFN3O3/c1-4-6-13-34-20-15-29-12-11-17(20)24-22(27-18-9-7-10-19(28)25(18)33-3)21-23(31-24)16(8-5-2)14-30-26(21)32/h4-5,7,9-12,15-16,31H,1-2,6,8,13-14H2,3H3,(H,30,32). The summed E-state index contributed by atoms with van der Waals surface area (Å²) in [6.45, 7) is 8.60. The molecule has 1 amide bonds. The first-order chi connectivity index (χ1) is 16.6. The minimum absolute atomic E-state index is 0.0697. The van der Waals surface area contributed by atoms with E-state index >= 15 is 0 Å². The molecule has 0 saturated carbocycles. The first-order valence-electron chi connectivity index (χ1n) is 11.0. The van der Waals surface area contributed by atoms with Crippen LogP contribution in [0.5, 0.6) is 11.5 Å². The molecule has 6 nitrogen and oxygen atoms in total. The fourth-order valence-electron chi connectivity index (χ4n) is 4.02. The van der Waals surface area contributed by atoms with E-state index in [4.69, 9.17) is 9.47 Å². The molecule has 0 spiro atoms. The van der Waals surface area contributed by atoms with Gasteiger partial charge in [-0.25, -0.2) is 0 Å². The van der Waals surface area contributed by atoms with Gasteiger partial charge in [-0.1, -0.05) is 0 Å². The summed E-state index contributed by atoms with van der Waals surface area (Å²) in [6.07, 6.45) is 8.41. The Kier molecular flexibility index (Phi) is 7.53. The molecule has 1 aliphatic heterocycles. The predicted octanol–water partition coefficient (Wildman–Crippen LogP) is 3.24. The molecule has 1 unspecified atom stereocenters.